The second-order valence-electron chi connectivity index (χ2n) is 5.93. The van der Waals surface area contributed by atoms with Crippen LogP contribution in [0.3, 0.4) is 0 Å². The molecule has 0 aromatic carbocycles. The maximum Gasteiger partial charge on any atom is 0.230 e. The van der Waals surface area contributed by atoms with Gasteiger partial charge < -0.3 is 15.5 Å². The first-order valence-electron chi connectivity index (χ1n) is 7.87. The monoisotopic (exact) mass is 338 g/mol. The minimum absolute atomic E-state index is 0.0836. The molecule has 1 fully saturated rings. The van der Waals surface area contributed by atoms with Crippen LogP contribution < -0.4 is 10.6 Å². The summed E-state index contributed by atoms with van der Waals surface area (Å²) in [7, 11) is 1.83. The minimum atomic E-state index is -0.202. The quantitative estimate of drug-likeness (QED) is 0.858. The highest BCUT2D eigenvalue weighted by molar-refractivity contribution is 6.30. The van der Waals surface area contributed by atoms with Crippen molar-refractivity contribution < 1.29 is 9.59 Å². The standard InChI is InChI=1S/C16H23ClN4O2/c1-11(8-18-2)16(23)21-7-3-4-12(10-21)15(22)20-14-6-5-13(17)9-19-14/h5-6,9,11-12,18H,3-4,7-8,10H2,1-2H3,(H,19,20,22). The van der Waals surface area contributed by atoms with Crippen LogP contribution in [0.25, 0.3) is 0 Å². The highest BCUT2D eigenvalue weighted by Crippen LogP contribution is 2.20. The van der Waals surface area contributed by atoms with Crippen LogP contribution in [0, 0.1) is 11.8 Å². The van der Waals surface area contributed by atoms with Gasteiger partial charge in [-0.1, -0.05) is 18.5 Å². The fraction of sp³-hybridized carbons (Fsp3) is 0.562. The number of hydrogen-bond acceptors (Lipinski definition) is 4. The van der Waals surface area contributed by atoms with E-state index in [-0.39, 0.29) is 23.7 Å². The molecule has 0 radical (unpaired) electrons. The predicted octanol–water partition coefficient (Wildman–Crippen LogP) is 1.77. The summed E-state index contributed by atoms with van der Waals surface area (Å²) in [6.45, 7) is 3.73. The van der Waals surface area contributed by atoms with Crippen molar-refractivity contribution in [3.05, 3.63) is 23.4 Å². The topological polar surface area (TPSA) is 74.3 Å². The number of carbonyl (C=O) groups excluding carboxylic acids is 2. The number of nitrogens with one attached hydrogen (secondary N) is 2. The van der Waals surface area contributed by atoms with Gasteiger partial charge in [-0.15, -0.1) is 0 Å². The van der Waals surface area contributed by atoms with Gasteiger partial charge >= 0.3 is 0 Å². The van der Waals surface area contributed by atoms with Crippen molar-refractivity contribution in [1.29, 1.82) is 0 Å². The number of amides is 2. The fourth-order valence-corrected chi connectivity index (χ4v) is 2.89. The van der Waals surface area contributed by atoms with Crippen molar-refractivity contribution in [2.45, 2.75) is 19.8 Å². The van der Waals surface area contributed by atoms with Gasteiger partial charge in [-0.3, -0.25) is 9.59 Å². The van der Waals surface area contributed by atoms with Crippen molar-refractivity contribution in [3.63, 3.8) is 0 Å². The second-order valence-corrected chi connectivity index (χ2v) is 6.37. The third-order valence-electron chi connectivity index (χ3n) is 4.01. The third kappa shape index (κ3) is 4.91. The van der Waals surface area contributed by atoms with E-state index in [0.717, 1.165) is 19.4 Å². The molecule has 0 aliphatic carbocycles. The zero-order valence-electron chi connectivity index (χ0n) is 13.5. The Bertz CT molecular complexity index is 550. The van der Waals surface area contributed by atoms with E-state index in [1.165, 1.54) is 6.20 Å². The number of aromatic nitrogens is 1. The van der Waals surface area contributed by atoms with Crippen LogP contribution in [0.5, 0.6) is 0 Å². The van der Waals surface area contributed by atoms with E-state index in [4.69, 9.17) is 11.6 Å². The lowest BCUT2D eigenvalue weighted by Crippen LogP contribution is -2.46. The summed E-state index contributed by atoms with van der Waals surface area (Å²) in [6.07, 6.45) is 3.11. The number of halogens is 1. The van der Waals surface area contributed by atoms with Crippen LogP contribution in [0.2, 0.25) is 5.02 Å². The molecule has 6 nitrogen and oxygen atoms in total. The number of rotatable bonds is 5. The summed E-state index contributed by atoms with van der Waals surface area (Å²) in [5, 5.41) is 6.33. The lowest BCUT2D eigenvalue weighted by Gasteiger charge is -2.33. The maximum atomic E-state index is 12.4. The molecule has 7 heteroatoms. The number of likely N-dealkylation sites (tertiary alicyclic amines) is 1. The van der Waals surface area contributed by atoms with Crippen LogP contribution in [0.15, 0.2) is 18.3 Å². The molecule has 1 saturated heterocycles. The summed E-state index contributed by atoms with van der Waals surface area (Å²) < 4.78 is 0. The fourth-order valence-electron chi connectivity index (χ4n) is 2.77. The van der Waals surface area contributed by atoms with Gasteiger partial charge in [-0.05, 0) is 32.0 Å². The van der Waals surface area contributed by atoms with Crippen molar-refractivity contribution in [2.24, 2.45) is 11.8 Å². The number of hydrogen-bond donors (Lipinski definition) is 2. The molecule has 2 heterocycles. The van der Waals surface area contributed by atoms with Crippen LogP contribution in [0.1, 0.15) is 19.8 Å². The minimum Gasteiger partial charge on any atom is -0.342 e. The summed E-state index contributed by atoms with van der Waals surface area (Å²) in [6, 6.07) is 3.35. The summed E-state index contributed by atoms with van der Waals surface area (Å²) in [5.41, 5.74) is 0. The number of piperidine rings is 1. The lowest BCUT2D eigenvalue weighted by molar-refractivity contribution is -0.137. The van der Waals surface area contributed by atoms with Gasteiger partial charge in [0.25, 0.3) is 0 Å². The van der Waals surface area contributed by atoms with Crippen LogP contribution in [-0.2, 0) is 9.59 Å². The Labute approximate surface area is 141 Å². The van der Waals surface area contributed by atoms with E-state index in [1.807, 2.05) is 14.0 Å². The molecule has 2 unspecified atom stereocenters. The molecule has 2 rings (SSSR count). The molecule has 2 atom stereocenters. The van der Waals surface area contributed by atoms with Gasteiger partial charge in [0.15, 0.2) is 0 Å². The third-order valence-corrected chi connectivity index (χ3v) is 4.24. The van der Waals surface area contributed by atoms with Crippen LogP contribution >= 0.6 is 11.6 Å². The molecule has 0 bridgehead atoms. The van der Waals surface area contributed by atoms with Crippen molar-refractivity contribution in [1.82, 2.24) is 15.2 Å². The van der Waals surface area contributed by atoms with Crippen molar-refractivity contribution in [2.75, 3.05) is 32.0 Å². The Kier molecular flexibility index (Phi) is 6.36. The average molecular weight is 339 g/mol. The van der Waals surface area contributed by atoms with Crippen LogP contribution in [0.4, 0.5) is 5.82 Å². The SMILES string of the molecule is CNCC(C)C(=O)N1CCCC(C(=O)Nc2ccc(Cl)cn2)C1. The van der Waals surface area contributed by atoms with E-state index in [0.29, 0.717) is 23.9 Å². The Morgan fingerprint density at radius 1 is 1.48 bits per heavy atom. The predicted molar refractivity (Wildman–Crippen MR) is 90.3 cm³/mol. The maximum absolute atomic E-state index is 12.4. The number of pyridine rings is 1. The molecule has 0 saturated carbocycles. The molecular weight excluding hydrogens is 316 g/mol. The Morgan fingerprint density at radius 3 is 2.91 bits per heavy atom. The molecule has 23 heavy (non-hydrogen) atoms. The highest BCUT2D eigenvalue weighted by Gasteiger charge is 2.30. The summed E-state index contributed by atoms with van der Waals surface area (Å²) in [5.74, 6) is 0.193. The Morgan fingerprint density at radius 2 is 2.26 bits per heavy atom. The number of nitrogens with zero attached hydrogens (tertiary/aromatic N) is 2. The Balaban J connectivity index is 1.93. The van der Waals surface area contributed by atoms with Gasteiger partial charge in [0, 0.05) is 31.7 Å². The lowest BCUT2D eigenvalue weighted by atomic mass is 9.96. The molecule has 0 spiro atoms. The summed E-state index contributed by atoms with van der Waals surface area (Å²) in [4.78, 5) is 30.6. The normalized spacial score (nSPS) is 19.3. The largest absolute Gasteiger partial charge is 0.342 e. The van der Waals surface area contributed by atoms with Gasteiger partial charge in [-0.2, -0.15) is 0 Å². The molecule has 1 aliphatic rings. The second kappa shape index (κ2) is 8.26. The van der Waals surface area contributed by atoms with Gasteiger partial charge in [0.05, 0.1) is 10.9 Å². The van der Waals surface area contributed by atoms with Gasteiger partial charge in [-0.25, -0.2) is 4.98 Å². The smallest absolute Gasteiger partial charge is 0.230 e. The van der Waals surface area contributed by atoms with E-state index in [2.05, 4.69) is 15.6 Å². The van der Waals surface area contributed by atoms with Crippen molar-refractivity contribution >= 4 is 29.2 Å². The van der Waals surface area contributed by atoms with E-state index in [1.54, 1.807) is 17.0 Å². The van der Waals surface area contributed by atoms with Crippen molar-refractivity contribution in [3.8, 4) is 0 Å². The highest BCUT2D eigenvalue weighted by atomic mass is 35.5. The average Bonchev–Trinajstić information content (AvgIpc) is 2.56. The van der Waals surface area contributed by atoms with E-state index < -0.39 is 0 Å². The molecule has 126 valence electrons. The molecule has 2 N–H and O–H groups in total. The first-order valence-corrected chi connectivity index (χ1v) is 8.25. The molecule has 1 aromatic rings. The van der Waals surface area contributed by atoms with Crippen LogP contribution in [-0.4, -0.2) is 48.4 Å². The van der Waals surface area contributed by atoms with E-state index in [9.17, 15) is 9.59 Å². The number of anilines is 1. The molecule has 1 aliphatic heterocycles. The zero-order valence-corrected chi connectivity index (χ0v) is 14.3. The zero-order chi connectivity index (χ0) is 16.8. The molecule has 1 aromatic heterocycles. The molecular formula is C16H23ClN4O2. The summed E-state index contributed by atoms with van der Waals surface area (Å²) >= 11 is 5.78. The van der Waals surface area contributed by atoms with Gasteiger partial charge in [0.2, 0.25) is 11.8 Å². The molecule has 2 amide bonds. The van der Waals surface area contributed by atoms with E-state index >= 15 is 0 Å². The van der Waals surface area contributed by atoms with Gasteiger partial charge in [0.1, 0.15) is 5.82 Å². The first kappa shape index (κ1) is 17.7. The number of carbonyl (C=O) groups is 2. The first-order chi connectivity index (χ1) is 11.0. The Hall–Kier alpha value is -1.66.